The summed E-state index contributed by atoms with van der Waals surface area (Å²) >= 11 is 0. The van der Waals surface area contributed by atoms with E-state index in [-0.39, 0.29) is 12.5 Å². The Bertz CT molecular complexity index is 894. The van der Waals surface area contributed by atoms with Gasteiger partial charge in [-0.2, -0.15) is 0 Å². The van der Waals surface area contributed by atoms with Crippen molar-refractivity contribution >= 4 is 5.91 Å². The molecule has 3 aromatic carbocycles. The average Bonchev–Trinajstić information content (AvgIpc) is 2.74. The molecule has 0 aliphatic carbocycles. The highest BCUT2D eigenvalue weighted by atomic mass is 16.5. The Labute approximate surface area is 165 Å². The third-order valence-corrected chi connectivity index (χ3v) is 4.19. The fraction of sp³-hybridized carbons (Fsp3) is 0.174. The number of benzene rings is 3. The first-order valence-corrected chi connectivity index (χ1v) is 8.97. The number of ether oxygens (including phenoxy) is 3. The Hall–Kier alpha value is -3.47. The van der Waals surface area contributed by atoms with Gasteiger partial charge in [-0.25, -0.2) is 0 Å². The van der Waals surface area contributed by atoms with E-state index in [0.717, 1.165) is 17.1 Å². The third-order valence-electron chi connectivity index (χ3n) is 4.19. The van der Waals surface area contributed by atoms with Gasteiger partial charge in [-0.15, -0.1) is 0 Å². The number of rotatable bonds is 8. The monoisotopic (exact) mass is 377 g/mol. The fourth-order valence-corrected chi connectivity index (χ4v) is 2.66. The van der Waals surface area contributed by atoms with E-state index in [4.69, 9.17) is 14.2 Å². The van der Waals surface area contributed by atoms with Gasteiger partial charge >= 0.3 is 0 Å². The Morgan fingerprint density at radius 3 is 2.14 bits per heavy atom. The second kappa shape index (κ2) is 9.46. The molecule has 0 unspecified atom stereocenters. The zero-order valence-electron chi connectivity index (χ0n) is 16.0. The number of carbonyl (C=O) groups excluding carboxylic acids is 1. The number of hydrogen-bond donors (Lipinski definition) is 0. The number of amides is 1. The van der Waals surface area contributed by atoms with E-state index in [9.17, 15) is 4.79 Å². The van der Waals surface area contributed by atoms with Crippen molar-refractivity contribution in [2.45, 2.75) is 6.54 Å². The van der Waals surface area contributed by atoms with Crippen LogP contribution in [0.4, 0.5) is 0 Å². The van der Waals surface area contributed by atoms with E-state index < -0.39 is 0 Å². The lowest BCUT2D eigenvalue weighted by molar-refractivity contribution is -0.132. The van der Waals surface area contributed by atoms with Crippen molar-refractivity contribution in [2.75, 3.05) is 20.8 Å². The highest BCUT2D eigenvalue weighted by Gasteiger charge is 2.12. The summed E-state index contributed by atoms with van der Waals surface area (Å²) in [5.41, 5.74) is 0.947. The maximum absolute atomic E-state index is 12.4. The third kappa shape index (κ3) is 5.27. The number of methoxy groups -OCH3 is 1. The van der Waals surface area contributed by atoms with Gasteiger partial charge in [0.15, 0.2) is 6.61 Å². The van der Waals surface area contributed by atoms with Gasteiger partial charge in [0.25, 0.3) is 5.91 Å². The number of likely N-dealkylation sites (N-methyl/N-ethyl adjacent to an activating group) is 1. The SMILES string of the molecule is COc1ccccc1CN(C)C(=O)COc1ccc(Oc2ccccc2)cc1. The molecular weight excluding hydrogens is 354 g/mol. The highest BCUT2D eigenvalue weighted by molar-refractivity contribution is 5.77. The minimum absolute atomic E-state index is 0.0372. The van der Waals surface area contributed by atoms with E-state index >= 15 is 0 Å². The van der Waals surface area contributed by atoms with Crippen LogP contribution in [0.15, 0.2) is 78.9 Å². The molecule has 5 heteroatoms. The summed E-state index contributed by atoms with van der Waals surface area (Å²) in [6.07, 6.45) is 0. The maximum atomic E-state index is 12.4. The standard InChI is InChI=1S/C23H23NO4/c1-24(16-18-8-6-7-11-22(18)26-2)23(25)17-27-19-12-14-21(15-13-19)28-20-9-4-3-5-10-20/h3-15H,16-17H2,1-2H3. The zero-order valence-corrected chi connectivity index (χ0v) is 16.0. The van der Waals surface area contributed by atoms with Crippen LogP contribution in [0.25, 0.3) is 0 Å². The summed E-state index contributed by atoms with van der Waals surface area (Å²) in [6, 6.07) is 24.4. The van der Waals surface area contributed by atoms with Crippen molar-refractivity contribution in [1.29, 1.82) is 0 Å². The Morgan fingerprint density at radius 1 is 0.821 bits per heavy atom. The number of para-hydroxylation sites is 2. The van der Waals surface area contributed by atoms with Gasteiger partial charge in [0, 0.05) is 19.2 Å². The predicted octanol–water partition coefficient (Wildman–Crippen LogP) is 4.52. The van der Waals surface area contributed by atoms with Gasteiger partial charge in [-0.05, 0) is 42.5 Å². The Morgan fingerprint density at radius 2 is 1.43 bits per heavy atom. The molecule has 0 saturated carbocycles. The van der Waals surface area contributed by atoms with E-state index in [1.165, 1.54) is 0 Å². The van der Waals surface area contributed by atoms with Crippen molar-refractivity contribution in [3.05, 3.63) is 84.4 Å². The van der Waals surface area contributed by atoms with Crippen molar-refractivity contribution in [3.8, 4) is 23.0 Å². The van der Waals surface area contributed by atoms with Gasteiger partial charge in [0.2, 0.25) is 0 Å². The summed E-state index contributed by atoms with van der Waals surface area (Å²) < 4.78 is 16.7. The maximum Gasteiger partial charge on any atom is 0.260 e. The van der Waals surface area contributed by atoms with Gasteiger partial charge in [-0.3, -0.25) is 4.79 Å². The molecule has 0 aromatic heterocycles. The molecule has 0 spiro atoms. The number of carbonyl (C=O) groups is 1. The Balaban J connectivity index is 1.51. The molecule has 0 bridgehead atoms. The lowest BCUT2D eigenvalue weighted by atomic mass is 10.2. The quantitative estimate of drug-likeness (QED) is 0.579. The summed E-state index contributed by atoms with van der Waals surface area (Å²) in [5.74, 6) is 2.73. The lowest BCUT2D eigenvalue weighted by Crippen LogP contribution is -2.31. The van der Waals surface area contributed by atoms with Crippen LogP contribution in [-0.4, -0.2) is 31.6 Å². The van der Waals surface area contributed by atoms with Gasteiger partial charge < -0.3 is 19.1 Å². The number of nitrogens with zero attached hydrogens (tertiary/aromatic N) is 1. The van der Waals surface area contributed by atoms with Crippen LogP contribution in [-0.2, 0) is 11.3 Å². The smallest absolute Gasteiger partial charge is 0.260 e. The molecule has 3 rings (SSSR count). The summed E-state index contributed by atoms with van der Waals surface area (Å²) in [5, 5.41) is 0. The van der Waals surface area contributed by atoms with E-state index in [0.29, 0.717) is 18.0 Å². The molecule has 0 heterocycles. The van der Waals surface area contributed by atoms with Crippen LogP contribution in [0.5, 0.6) is 23.0 Å². The van der Waals surface area contributed by atoms with Crippen LogP contribution < -0.4 is 14.2 Å². The van der Waals surface area contributed by atoms with Crippen LogP contribution in [0, 0.1) is 0 Å². The second-order valence-electron chi connectivity index (χ2n) is 6.24. The summed E-state index contributed by atoms with van der Waals surface area (Å²) in [4.78, 5) is 14.0. The molecule has 1 amide bonds. The van der Waals surface area contributed by atoms with E-state index in [2.05, 4.69) is 0 Å². The Kier molecular flexibility index (Phi) is 6.52. The van der Waals surface area contributed by atoms with E-state index in [1.54, 1.807) is 31.2 Å². The van der Waals surface area contributed by atoms with Crippen LogP contribution in [0.2, 0.25) is 0 Å². The molecule has 0 radical (unpaired) electrons. The first kappa shape index (κ1) is 19.3. The predicted molar refractivity (Wildman–Crippen MR) is 108 cm³/mol. The van der Waals surface area contributed by atoms with Crippen LogP contribution >= 0.6 is 0 Å². The molecular formula is C23H23NO4. The second-order valence-corrected chi connectivity index (χ2v) is 6.24. The minimum Gasteiger partial charge on any atom is -0.496 e. The molecule has 0 fully saturated rings. The summed E-state index contributed by atoms with van der Waals surface area (Å²) in [7, 11) is 3.36. The van der Waals surface area contributed by atoms with Crippen molar-refractivity contribution in [1.82, 2.24) is 4.90 Å². The van der Waals surface area contributed by atoms with Gasteiger partial charge in [0.05, 0.1) is 7.11 Å². The molecule has 28 heavy (non-hydrogen) atoms. The first-order chi connectivity index (χ1) is 13.7. The van der Waals surface area contributed by atoms with E-state index in [1.807, 2.05) is 66.7 Å². The molecule has 144 valence electrons. The first-order valence-electron chi connectivity index (χ1n) is 8.97. The van der Waals surface area contributed by atoms with Gasteiger partial charge in [0.1, 0.15) is 23.0 Å². The normalized spacial score (nSPS) is 10.2. The van der Waals surface area contributed by atoms with Crippen molar-refractivity contribution < 1.29 is 19.0 Å². The van der Waals surface area contributed by atoms with Gasteiger partial charge in [-0.1, -0.05) is 36.4 Å². The van der Waals surface area contributed by atoms with Crippen LogP contribution in [0.1, 0.15) is 5.56 Å². The van der Waals surface area contributed by atoms with Crippen molar-refractivity contribution in [2.24, 2.45) is 0 Å². The molecule has 0 aliphatic heterocycles. The number of hydrogen-bond acceptors (Lipinski definition) is 4. The topological polar surface area (TPSA) is 48.0 Å². The summed E-state index contributed by atoms with van der Waals surface area (Å²) in [6.45, 7) is 0.417. The highest BCUT2D eigenvalue weighted by Crippen LogP contribution is 2.23. The lowest BCUT2D eigenvalue weighted by Gasteiger charge is -2.19. The minimum atomic E-state index is -0.115. The fourth-order valence-electron chi connectivity index (χ4n) is 2.66. The molecule has 3 aromatic rings. The largest absolute Gasteiger partial charge is 0.496 e. The van der Waals surface area contributed by atoms with Crippen LogP contribution in [0.3, 0.4) is 0 Å². The molecule has 5 nitrogen and oxygen atoms in total. The van der Waals surface area contributed by atoms with Crippen molar-refractivity contribution in [3.63, 3.8) is 0 Å². The molecule has 0 N–H and O–H groups in total. The molecule has 0 atom stereocenters. The molecule has 0 saturated heterocycles. The zero-order chi connectivity index (χ0) is 19.8. The molecule has 0 aliphatic rings. The average molecular weight is 377 g/mol.